The molecule has 0 aliphatic carbocycles. The lowest BCUT2D eigenvalue weighted by Crippen LogP contribution is -2.38. The first kappa shape index (κ1) is 25.4. The fourth-order valence-electron chi connectivity index (χ4n) is 5.84. The summed E-state index contributed by atoms with van der Waals surface area (Å²) in [6.45, 7) is 4.98. The molecule has 1 atom stereocenters. The second kappa shape index (κ2) is 10.7. The molecule has 0 radical (unpaired) electrons. The van der Waals surface area contributed by atoms with E-state index in [0.29, 0.717) is 42.1 Å². The summed E-state index contributed by atoms with van der Waals surface area (Å²) in [5, 5.41) is 5.12. The summed E-state index contributed by atoms with van der Waals surface area (Å²) in [5.41, 5.74) is 3.26. The molecule has 2 aromatic heterocycles. The molecule has 9 heteroatoms. The van der Waals surface area contributed by atoms with Crippen molar-refractivity contribution in [2.24, 2.45) is 0 Å². The Morgan fingerprint density at radius 1 is 1.10 bits per heavy atom. The monoisotopic (exact) mass is 530 g/mol. The van der Waals surface area contributed by atoms with Gasteiger partial charge in [0.05, 0.1) is 11.3 Å². The number of carbonyl (C=O) groups is 1. The largest absolute Gasteiger partial charge is 0.451 e. The Labute approximate surface area is 225 Å². The number of hydrogen-bond donors (Lipinski definition) is 0. The van der Waals surface area contributed by atoms with Crippen molar-refractivity contribution in [2.45, 2.75) is 57.6 Å². The number of fused-ring (bicyclic) bond motifs is 2. The lowest BCUT2D eigenvalue weighted by Gasteiger charge is -2.31. The fourth-order valence-corrected chi connectivity index (χ4v) is 5.84. The van der Waals surface area contributed by atoms with Crippen LogP contribution < -0.4 is 5.56 Å². The molecule has 0 saturated carbocycles. The van der Waals surface area contributed by atoms with Crippen LogP contribution in [-0.4, -0.2) is 45.2 Å². The highest BCUT2D eigenvalue weighted by Crippen LogP contribution is 2.33. The number of aromatic nitrogens is 3. The van der Waals surface area contributed by atoms with Gasteiger partial charge in [0, 0.05) is 41.7 Å². The second-order valence-electron chi connectivity index (χ2n) is 10.5. The lowest BCUT2D eigenvalue weighted by atomic mass is 9.91. The van der Waals surface area contributed by atoms with Crippen molar-refractivity contribution in [3.8, 4) is 0 Å². The standard InChI is InChI=1S/C30H31FN4O4/c1-19-23(13-17-34-15-11-20(12-16-34)27-24-10-9-22(31)18-26(24)39-33-27)29(36)35-14-5-8-25(28(35)32-19)38-30(37)21-6-3-2-4-7-21/h2-4,6-7,9-10,18,20,25H,5,8,11-17H2,1H3. The molecule has 8 nitrogen and oxygen atoms in total. The first-order valence-corrected chi connectivity index (χ1v) is 13.6. The minimum atomic E-state index is -0.532. The van der Waals surface area contributed by atoms with Crippen molar-refractivity contribution in [3.63, 3.8) is 0 Å². The third-order valence-corrected chi connectivity index (χ3v) is 8.01. The van der Waals surface area contributed by atoms with Crippen LogP contribution in [0.1, 0.15) is 70.8 Å². The van der Waals surface area contributed by atoms with Gasteiger partial charge in [-0.1, -0.05) is 23.4 Å². The van der Waals surface area contributed by atoms with Gasteiger partial charge in [-0.3, -0.25) is 9.36 Å². The number of aryl methyl sites for hydroxylation is 1. The van der Waals surface area contributed by atoms with Gasteiger partial charge in [-0.05, 0) is 76.4 Å². The Hall–Kier alpha value is -3.85. The van der Waals surface area contributed by atoms with Crippen LogP contribution in [0, 0.1) is 12.7 Å². The molecule has 2 aliphatic heterocycles. The SMILES string of the molecule is Cc1nc2n(c(=O)c1CCN1CCC(c3noc4cc(F)ccc34)CC1)CCCC2OC(=O)c1ccccc1. The Balaban J connectivity index is 1.11. The predicted octanol–water partition coefficient (Wildman–Crippen LogP) is 4.95. The molecular formula is C30H31FN4O4. The predicted molar refractivity (Wildman–Crippen MR) is 143 cm³/mol. The third-order valence-electron chi connectivity index (χ3n) is 8.01. The zero-order chi connectivity index (χ0) is 26.9. The summed E-state index contributed by atoms with van der Waals surface area (Å²) >= 11 is 0. The van der Waals surface area contributed by atoms with E-state index in [2.05, 4.69) is 10.1 Å². The molecule has 0 amide bonds. The van der Waals surface area contributed by atoms with Crippen LogP contribution in [0.5, 0.6) is 0 Å². The van der Waals surface area contributed by atoms with Gasteiger partial charge in [-0.2, -0.15) is 0 Å². The van der Waals surface area contributed by atoms with Crippen LogP contribution in [0.2, 0.25) is 0 Å². The molecule has 6 rings (SSSR count). The maximum Gasteiger partial charge on any atom is 0.338 e. The molecule has 2 aliphatic rings. The van der Waals surface area contributed by atoms with E-state index < -0.39 is 12.1 Å². The van der Waals surface area contributed by atoms with Gasteiger partial charge in [-0.25, -0.2) is 14.2 Å². The van der Waals surface area contributed by atoms with Crippen molar-refractivity contribution in [1.82, 2.24) is 19.6 Å². The zero-order valence-corrected chi connectivity index (χ0v) is 21.9. The molecule has 1 unspecified atom stereocenters. The van der Waals surface area contributed by atoms with E-state index in [-0.39, 0.29) is 17.3 Å². The molecule has 4 aromatic rings. The number of nitrogens with zero attached hydrogens (tertiary/aromatic N) is 4. The van der Waals surface area contributed by atoms with Crippen molar-refractivity contribution in [2.75, 3.05) is 19.6 Å². The molecule has 0 N–H and O–H groups in total. The van der Waals surface area contributed by atoms with Crippen LogP contribution in [0.25, 0.3) is 11.0 Å². The summed E-state index contributed by atoms with van der Waals surface area (Å²) < 4.78 is 26.3. The minimum Gasteiger partial charge on any atom is -0.451 e. The van der Waals surface area contributed by atoms with Crippen LogP contribution >= 0.6 is 0 Å². The number of halogens is 1. The molecule has 0 spiro atoms. The molecule has 4 heterocycles. The number of carbonyl (C=O) groups excluding carboxylic acids is 1. The van der Waals surface area contributed by atoms with Gasteiger partial charge >= 0.3 is 5.97 Å². The normalized spacial score (nSPS) is 18.3. The minimum absolute atomic E-state index is 0.0332. The van der Waals surface area contributed by atoms with Gasteiger partial charge < -0.3 is 14.2 Å². The van der Waals surface area contributed by atoms with E-state index in [9.17, 15) is 14.0 Å². The number of piperidine rings is 1. The van der Waals surface area contributed by atoms with Gasteiger partial charge in [-0.15, -0.1) is 0 Å². The van der Waals surface area contributed by atoms with Crippen molar-refractivity contribution in [3.05, 3.63) is 93.0 Å². The van der Waals surface area contributed by atoms with E-state index in [1.54, 1.807) is 34.9 Å². The Kier molecular flexibility index (Phi) is 6.99. The Morgan fingerprint density at radius 3 is 2.69 bits per heavy atom. The van der Waals surface area contributed by atoms with Gasteiger partial charge in [0.2, 0.25) is 0 Å². The quantitative estimate of drug-likeness (QED) is 0.326. The van der Waals surface area contributed by atoms with Gasteiger partial charge in [0.15, 0.2) is 17.5 Å². The van der Waals surface area contributed by atoms with E-state index in [1.165, 1.54) is 12.1 Å². The average Bonchev–Trinajstić information content (AvgIpc) is 3.37. The molecule has 2 aromatic carbocycles. The van der Waals surface area contributed by atoms with Crippen LogP contribution in [-0.2, 0) is 17.7 Å². The maximum atomic E-state index is 13.5. The number of likely N-dealkylation sites (tertiary alicyclic amines) is 1. The number of benzene rings is 2. The van der Waals surface area contributed by atoms with Gasteiger partial charge in [0.1, 0.15) is 5.82 Å². The highest BCUT2D eigenvalue weighted by molar-refractivity contribution is 5.89. The highest BCUT2D eigenvalue weighted by atomic mass is 19.1. The maximum absolute atomic E-state index is 13.5. The third kappa shape index (κ3) is 5.11. The van der Waals surface area contributed by atoms with E-state index in [4.69, 9.17) is 14.2 Å². The zero-order valence-electron chi connectivity index (χ0n) is 21.9. The second-order valence-corrected chi connectivity index (χ2v) is 10.5. The first-order chi connectivity index (χ1) is 19.0. The topological polar surface area (TPSA) is 90.5 Å². The van der Waals surface area contributed by atoms with Crippen molar-refractivity contribution < 1.29 is 18.4 Å². The van der Waals surface area contributed by atoms with Crippen LogP contribution in [0.3, 0.4) is 0 Å². The van der Waals surface area contributed by atoms with Crippen LogP contribution in [0.15, 0.2) is 57.8 Å². The number of esters is 1. The summed E-state index contributed by atoms with van der Waals surface area (Å²) in [6.07, 6.45) is 3.33. The smallest absolute Gasteiger partial charge is 0.338 e. The molecule has 39 heavy (non-hydrogen) atoms. The lowest BCUT2D eigenvalue weighted by molar-refractivity contribution is 0.0199. The Bertz CT molecular complexity index is 1560. The summed E-state index contributed by atoms with van der Waals surface area (Å²) in [5.74, 6) is 0.0735. The molecular weight excluding hydrogens is 499 g/mol. The number of rotatable bonds is 6. The summed E-state index contributed by atoms with van der Waals surface area (Å²) in [7, 11) is 0. The average molecular weight is 531 g/mol. The summed E-state index contributed by atoms with van der Waals surface area (Å²) in [4.78, 5) is 33.3. The first-order valence-electron chi connectivity index (χ1n) is 13.6. The van der Waals surface area contributed by atoms with E-state index >= 15 is 0 Å². The highest BCUT2D eigenvalue weighted by Gasteiger charge is 2.29. The van der Waals surface area contributed by atoms with Crippen molar-refractivity contribution >= 4 is 16.9 Å². The number of hydrogen-bond acceptors (Lipinski definition) is 7. The summed E-state index contributed by atoms with van der Waals surface area (Å²) in [6, 6.07) is 13.5. The fraction of sp³-hybridized carbons (Fsp3) is 0.400. The molecule has 0 bridgehead atoms. The molecule has 202 valence electrons. The van der Waals surface area contributed by atoms with E-state index in [0.717, 1.165) is 55.5 Å². The molecule has 1 saturated heterocycles. The van der Waals surface area contributed by atoms with E-state index in [1.807, 2.05) is 13.0 Å². The Morgan fingerprint density at radius 2 is 1.90 bits per heavy atom. The molecule has 1 fully saturated rings. The van der Waals surface area contributed by atoms with Crippen molar-refractivity contribution in [1.29, 1.82) is 0 Å². The number of ether oxygens (including phenoxy) is 1. The van der Waals surface area contributed by atoms with Gasteiger partial charge in [0.25, 0.3) is 5.56 Å². The van der Waals surface area contributed by atoms with Crippen LogP contribution in [0.4, 0.5) is 4.39 Å².